The van der Waals surface area contributed by atoms with E-state index < -0.39 is 22.8 Å². The van der Waals surface area contributed by atoms with Crippen LogP contribution < -0.4 is 15.0 Å². The summed E-state index contributed by atoms with van der Waals surface area (Å²) in [6, 6.07) is 20.0. The summed E-state index contributed by atoms with van der Waals surface area (Å²) < 4.78 is 5.77. The first-order valence-electron chi connectivity index (χ1n) is 14.7. The summed E-state index contributed by atoms with van der Waals surface area (Å²) in [5.74, 6) is 1.58. The van der Waals surface area contributed by atoms with Crippen LogP contribution in [0.5, 0.6) is 5.75 Å². The normalized spacial score (nSPS) is 27.0. The first-order valence-corrected chi connectivity index (χ1v) is 14.7. The summed E-state index contributed by atoms with van der Waals surface area (Å²) in [5.41, 5.74) is 3.18. The van der Waals surface area contributed by atoms with Crippen LogP contribution in [0, 0.1) is 27.9 Å². The van der Waals surface area contributed by atoms with Gasteiger partial charge in [0.1, 0.15) is 17.9 Å². The van der Waals surface area contributed by atoms with Gasteiger partial charge in [-0.15, -0.1) is 0 Å². The van der Waals surface area contributed by atoms with Crippen molar-refractivity contribution in [2.24, 2.45) is 17.8 Å². The molecule has 1 heterocycles. The van der Waals surface area contributed by atoms with Crippen molar-refractivity contribution in [2.45, 2.75) is 50.5 Å². The second-order valence-corrected chi connectivity index (χ2v) is 12.5. The molecule has 0 radical (unpaired) electrons. The molecule has 5 fully saturated rings. The standard InChI is InChI=1S/C34H31N3O6/c38-31-30(16-21-3-11-29(12-4-21)43-20-22-1-7-28(8-2-22)37(41)42)32(39)36(33(40)35-31)27-9-5-26(6-10-27)34-17-23-13-24(18-34)15-25(14-23)19-34/h1-12,16,23-25H,13-15,17-20H2,(H,35,38,40)/b30-16+. The number of carbonyl (C=O) groups is 3. The minimum atomic E-state index is -0.760. The fraction of sp³-hybridized carbons (Fsp3) is 0.324. The molecule has 43 heavy (non-hydrogen) atoms. The number of nitrogens with one attached hydrogen (secondary N) is 1. The van der Waals surface area contributed by atoms with Crippen molar-refractivity contribution >= 4 is 35.3 Å². The fourth-order valence-corrected chi connectivity index (χ4v) is 8.03. The molecule has 1 N–H and O–H groups in total. The SMILES string of the molecule is O=C1NC(=O)N(c2ccc(C34CC5CC(CC(C5)C3)C4)cc2)C(=O)/C1=C/c1ccc(OCc2ccc([N+](=O)[O-])cc2)cc1. The molecular weight excluding hydrogens is 546 g/mol. The number of amides is 4. The number of rotatable bonds is 7. The Morgan fingerprint density at radius 2 is 1.47 bits per heavy atom. The fourth-order valence-electron chi connectivity index (χ4n) is 8.03. The zero-order valence-electron chi connectivity index (χ0n) is 23.5. The largest absolute Gasteiger partial charge is 0.489 e. The lowest BCUT2D eigenvalue weighted by Gasteiger charge is -2.57. The van der Waals surface area contributed by atoms with Gasteiger partial charge in [0.05, 0.1) is 10.6 Å². The molecule has 0 aromatic heterocycles. The van der Waals surface area contributed by atoms with Gasteiger partial charge in [0.2, 0.25) is 0 Å². The van der Waals surface area contributed by atoms with Crippen molar-refractivity contribution in [3.63, 3.8) is 0 Å². The van der Waals surface area contributed by atoms with Crippen LogP contribution in [0.2, 0.25) is 0 Å². The highest BCUT2D eigenvalue weighted by Gasteiger charge is 2.51. The molecule has 3 aromatic rings. The molecule has 9 nitrogen and oxygen atoms in total. The highest BCUT2D eigenvalue weighted by molar-refractivity contribution is 6.39. The summed E-state index contributed by atoms with van der Waals surface area (Å²) >= 11 is 0. The number of benzene rings is 3. The van der Waals surface area contributed by atoms with Crippen molar-refractivity contribution in [1.82, 2.24) is 5.32 Å². The van der Waals surface area contributed by atoms with Gasteiger partial charge in [-0.3, -0.25) is 25.0 Å². The van der Waals surface area contributed by atoms with E-state index in [1.807, 2.05) is 12.1 Å². The number of hydrogen-bond acceptors (Lipinski definition) is 6. The Kier molecular flexibility index (Phi) is 6.60. The van der Waals surface area contributed by atoms with Gasteiger partial charge in [-0.05, 0) is 121 Å². The van der Waals surface area contributed by atoms with Crippen LogP contribution in [0.1, 0.15) is 55.2 Å². The van der Waals surface area contributed by atoms with E-state index in [1.54, 1.807) is 36.4 Å². The maximum Gasteiger partial charge on any atom is 0.335 e. The molecule has 0 spiro atoms. The van der Waals surface area contributed by atoms with Gasteiger partial charge < -0.3 is 4.74 Å². The highest BCUT2D eigenvalue weighted by atomic mass is 16.6. The van der Waals surface area contributed by atoms with E-state index >= 15 is 0 Å². The molecule has 0 unspecified atom stereocenters. The van der Waals surface area contributed by atoms with Gasteiger partial charge >= 0.3 is 6.03 Å². The number of carbonyl (C=O) groups excluding carboxylic acids is 3. The third-order valence-electron chi connectivity index (χ3n) is 9.62. The Balaban J connectivity index is 1.05. The number of urea groups is 1. The van der Waals surface area contributed by atoms with Gasteiger partial charge in [-0.25, -0.2) is 9.69 Å². The van der Waals surface area contributed by atoms with Crippen LogP contribution in [0.15, 0.2) is 78.4 Å². The second-order valence-electron chi connectivity index (χ2n) is 12.5. The van der Waals surface area contributed by atoms with Crippen LogP contribution in [-0.2, 0) is 21.6 Å². The molecule has 4 saturated carbocycles. The van der Waals surface area contributed by atoms with E-state index in [1.165, 1.54) is 62.3 Å². The van der Waals surface area contributed by atoms with Gasteiger partial charge in [-0.2, -0.15) is 0 Å². The van der Waals surface area contributed by atoms with Crippen molar-refractivity contribution in [3.05, 3.63) is 105 Å². The van der Waals surface area contributed by atoms with Crippen molar-refractivity contribution in [2.75, 3.05) is 4.90 Å². The number of barbiturate groups is 1. The number of nitro benzene ring substituents is 1. The van der Waals surface area contributed by atoms with E-state index in [-0.39, 0.29) is 23.3 Å². The highest BCUT2D eigenvalue weighted by Crippen LogP contribution is 2.60. The topological polar surface area (TPSA) is 119 Å². The molecule has 1 aliphatic heterocycles. The molecule has 0 atom stereocenters. The van der Waals surface area contributed by atoms with Crippen LogP contribution in [0.25, 0.3) is 6.08 Å². The van der Waals surface area contributed by atoms with E-state index in [2.05, 4.69) is 17.4 Å². The number of anilines is 1. The monoisotopic (exact) mass is 577 g/mol. The Morgan fingerprint density at radius 1 is 0.860 bits per heavy atom. The first-order chi connectivity index (χ1) is 20.8. The second kappa shape index (κ2) is 10.5. The number of nitrogens with zero attached hydrogens (tertiary/aromatic N) is 2. The maximum absolute atomic E-state index is 13.5. The Bertz CT molecular complexity index is 1610. The summed E-state index contributed by atoms with van der Waals surface area (Å²) in [6.45, 7) is 0.220. The molecule has 218 valence electrons. The zero-order chi connectivity index (χ0) is 29.7. The lowest BCUT2D eigenvalue weighted by Crippen LogP contribution is -2.54. The summed E-state index contributed by atoms with van der Waals surface area (Å²) in [4.78, 5) is 50.3. The van der Waals surface area contributed by atoms with Crippen molar-refractivity contribution < 1.29 is 24.0 Å². The Labute approximate surface area is 248 Å². The molecule has 4 bridgehead atoms. The van der Waals surface area contributed by atoms with E-state index in [9.17, 15) is 24.5 Å². The number of non-ortho nitro benzene ring substituents is 1. The van der Waals surface area contributed by atoms with Crippen molar-refractivity contribution in [3.8, 4) is 5.75 Å². The van der Waals surface area contributed by atoms with Crippen LogP contribution >= 0.6 is 0 Å². The van der Waals surface area contributed by atoms with E-state index in [0.29, 0.717) is 17.0 Å². The van der Waals surface area contributed by atoms with Crippen LogP contribution in [-0.4, -0.2) is 22.8 Å². The van der Waals surface area contributed by atoms with Gasteiger partial charge in [-0.1, -0.05) is 24.3 Å². The molecule has 3 aromatic carbocycles. The lowest BCUT2D eigenvalue weighted by atomic mass is 9.48. The van der Waals surface area contributed by atoms with Crippen molar-refractivity contribution in [1.29, 1.82) is 0 Å². The number of hydrogen-bond donors (Lipinski definition) is 1. The predicted molar refractivity (Wildman–Crippen MR) is 159 cm³/mol. The molecule has 5 aliphatic rings. The summed E-state index contributed by atoms with van der Waals surface area (Å²) in [5, 5.41) is 13.1. The molecule has 4 aliphatic carbocycles. The number of imide groups is 2. The zero-order valence-corrected chi connectivity index (χ0v) is 23.5. The molecule has 1 saturated heterocycles. The van der Waals surface area contributed by atoms with Gasteiger partial charge in [0.15, 0.2) is 0 Å². The molecule has 4 amide bonds. The smallest absolute Gasteiger partial charge is 0.335 e. The van der Waals surface area contributed by atoms with Gasteiger partial charge in [0.25, 0.3) is 17.5 Å². The number of nitro groups is 1. The average Bonchev–Trinajstić information content (AvgIpc) is 2.98. The molecule has 8 rings (SSSR count). The Hall–Kier alpha value is -4.79. The van der Waals surface area contributed by atoms with Crippen LogP contribution in [0.4, 0.5) is 16.2 Å². The maximum atomic E-state index is 13.5. The minimum absolute atomic E-state index is 0.0113. The summed E-state index contributed by atoms with van der Waals surface area (Å²) in [6.07, 6.45) is 9.22. The number of ether oxygens (including phenoxy) is 1. The first kappa shape index (κ1) is 27.1. The minimum Gasteiger partial charge on any atom is -0.489 e. The average molecular weight is 578 g/mol. The Morgan fingerprint density at radius 3 is 2.05 bits per heavy atom. The summed E-state index contributed by atoms with van der Waals surface area (Å²) in [7, 11) is 0. The van der Waals surface area contributed by atoms with E-state index in [0.717, 1.165) is 28.2 Å². The van der Waals surface area contributed by atoms with E-state index in [4.69, 9.17) is 4.74 Å². The van der Waals surface area contributed by atoms with Gasteiger partial charge in [0, 0.05) is 12.1 Å². The lowest BCUT2D eigenvalue weighted by molar-refractivity contribution is -0.384. The third kappa shape index (κ3) is 5.09. The molecule has 9 heteroatoms. The molecular formula is C34H31N3O6. The van der Waals surface area contributed by atoms with Crippen LogP contribution in [0.3, 0.4) is 0 Å². The predicted octanol–water partition coefficient (Wildman–Crippen LogP) is 6.31. The third-order valence-corrected chi connectivity index (χ3v) is 9.62. The quantitative estimate of drug-likeness (QED) is 0.152.